The van der Waals surface area contributed by atoms with Crippen LogP contribution in [0.5, 0.6) is 0 Å². The van der Waals surface area contributed by atoms with Crippen molar-refractivity contribution in [1.82, 2.24) is 0 Å². The molecule has 1 heterocycles. The topological polar surface area (TPSA) is 76.0 Å². The highest BCUT2D eigenvalue weighted by atomic mass is 32.2. The van der Waals surface area contributed by atoms with Crippen LogP contribution < -0.4 is 0 Å². The van der Waals surface area contributed by atoms with E-state index in [0.29, 0.717) is 5.56 Å². The molecule has 0 spiro atoms. The maximum atomic E-state index is 14.4. The summed E-state index contributed by atoms with van der Waals surface area (Å²) in [6.07, 6.45) is 0.597. The Balaban J connectivity index is 1.59. The summed E-state index contributed by atoms with van der Waals surface area (Å²) >= 11 is 0. The second-order valence-electron chi connectivity index (χ2n) is 9.40. The van der Waals surface area contributed by atoms with E-state index in [-0.39, 0.29) is 31.8 Å². The molecule has 0 aliphatic carbocycles. The monoisotopic (exact) mass is 495 g/mol. The number of hydrogen-bond acceptors (Lipinski definition) is 4. The molecule has 0 fully saturated rings. The number of rotatable bonds is 8. The van der Waals surface area contributed by atoms with Crippen LogP contribution in [0.4, 0.5) is 4.39 Å². The van der Waals surface area contributed by atoms with Crippen molar-refractivity contribution >= 4 is 15.9 Å². The van der Waals surface area contributed by atoms with Gasteiger partial charge in [0.05, 0.1) is 0 Å². The molecule has 1 N–H and O–H groups in total. The van der Waals surface area contributed by atoms with Crippen LogP contribution >= 0.6 is 0 Å². The summed E-state index contributed by atoms with van der Waals surface area (Å²) in [5.41, 5.74) is 2.30. The van der Waals surface area contributed by atoms with Crippen LogP contribution in [-0.4, -0.2) is 36.9 Å². The number of aliphatic hydroxyl groups excluding tert-OH is 1. The maximum Gasteiger partial charge on any atom is 0.263 e. The lowest BCUT2D eigenvalue weighted by molar-refractivity contribution is 0.0797. The highest BCUT2D eigenvalue weighted by Gasteiger charge is 2.46. The van der Waals surface area contributed by atoms with Crippen LogP contribution in [0.3, 0.4) is 0 Å². The first-order chi connectivity index (χ1) is 16.7. The zero-order chi connectivity index (χ0) is 25.1. The van der Waals surface area contributed by atoms with E-state index in [0.717, 1.165) is 16.7 Å². The number of halogens is 1. The molecule has 2 atom stereocenters. The lowest BCUT2D eigenvalue weighted by Gasteiger charge is -2.38. The molecular formula is C28H30FNO4S. The highest BCUT2D eigenvalue weighted by molar-refractivity contribution is 7.91. The summed E-state index contributed by atoms with van der Waals surface area (Å²) < 4.78 is 51.2. The minimum atomic E-state index is -3.90. The van der Waals surface area contributed by atoms with Gasteiger partial charge >= 0.3 is 0 Å². The van der Waals surface area contributed by atoms with Crippen molar-refractivity contribution in [2.45, 2.75) is 49.9 Å². The van der Waals surface area contributed by atoms with Crippen LogP contribution in [0.2, 0.25) is 0 Å². The van der Waals surface area contributed by atoms with Crippen LogP contribution in [0.15, 0.2) is 83.3 Å². The summed E-state index contributed by atoms with van der Waals surface area (Å²) in [5.74, 6) is -0.809. The molecule has 3 aromatic rings. The smallest absolute Gasteiger partial charge is 0.263 e. The zero-order valence-corrected chi connectivity index (χ0v) is 20.7. The third-order valence-corrected chi connectivity index (χ3v) is 8.36. The average Bonchev–Trinajstić information content (AvgIpc) is 2.82. The fraction of sp³-hybridized carbons (Fsp3) is 0.321. The van der Waals surface area contributed by atoms with Gasteiger partial charge in [-0.1, -0.05) is 72.8 Å². The summed E-state index contributed by atoms with van der Waals surface area (Å²) in [6, 6.07) is 24.0. The SMILES string of the molecule is CC1(C)OC(C[C@@H](CCO)c2ccccc2F)=NS(=O)(=O)C1Cc1cccc(-c2ccccc2)c1. The number of nitrogens with zero attached hydrogens (tertiary/aromatic N) is 1. The summed E-state index contributed by atoms with van der Waals surface area (Å²) in [4.78, 5) is 0. The molecule has 0 radical (unpaired) electrons. The van der Waals surface area contributed by atoms with E-state index < -0.39 is 32.6 Å². The minimum Gasteiger partial charge on any atom is -0.473 e. The Morgan fingerprint density at radius 3 is 2.37 bits per heavy atom. The number of hydrogen-bond donors (Lipinski definition) is 1. The molecule has 35 heavy (non-hydrogen) atoms. The fourth-order valence-corrected chi connectivity index (χ4v) is 6.34. The number of ether oxygens (including phenoxy) is 1. The standard InChI is InChI=1S/C28H30FNO4S/c1-28(2)26(18-20-9-8-12-22(17-20)21-10-4-3-5-11-21)35(32,33)30-27(34-28)19-23(15-16-31)24-13-6-7-14-25(24)29/h3-14,17,23,26,31H,15-16,18-19H2,1-2H3/t23-,26?/m1/s1. The Morgan fingerprint density at radius 2 is 1.69 bits per heavy atom. The maximum absolute atomic E-state index is 14.4. The second kappa shape index (κ2) is 10.3. The van der Waals surface area contributed by atoms with E-state index in [4.69, 9.17) is 4.74 Å². The van der Waals surface area contributed by atoms with Gasteiger partial charge in [0.1, 0.15) is 16.7 Å². The molecule has 1 aliphatic heterocycles. The van der Waals surface area contributed by atoms with Crippen molar-refractivity contribution in [3.8, 4) is 11.1 Å². The molecule has 4 rings (SSSR count). The largest absolute Gasteiger partial charge is 0.473 e. The molecule has 184 valence electrons. The van der Waals surface area contributed by atoms with E-state index in [2.05, 4.69) is 4.40 Å². The normalized spacial score (nSPS) is 19.4. The first kappa shape index (κ1) is 25.1. The van der Waals surface area contributed by atoms with Gasteiger partial charge in [-0.3, -0.25) is 0 Å². The van der Waals surface area contributed by atoms with E-state index in [9.17, 15) is 17.9 Å². The third-order valence-electron chi connectivity index (χ3n) is 6.44. The Hall–Kier alpha value is -3.03. The van der Waals surface area contributed by atoms with Crippen LogP contribution in [0, 0.1) is 5.82 Å². The Bertz CT molecular complexity index is 1310. The van der Waals surface area contributed by atoms with Gasteiger partial charge < -0.3 is 9.84 Å². The zero-order valence-electron chi connectivity index (χ0n) is 19.9. The van der Waals surface area contributed by atoms with Crippen molar-refractivity contribution in [3.63, 3.8) is 0 Å². The van der Waals surface area contributed by atoms with Gasteiger partial charge in [-0.15, -0.1) is 4.40 Å². The Morgan fingerprint density at radius 1 is 1.00 bits per heavy atom. The molecule has 3 aromatic carbocycles. The predicted octanol–water partition coefficient (Wildman–Crippen LogP) is 5.50. The highest BCUT2D eigenvalue weighted by Crippen LogP contribution is 2.35. The van der Waals surface area contributed by atoms with E-state index in [1.807, 2.05) is 54.6 Å². The van der Waals surface area contributed by atoms with Crippen molar-refractivity contribution in [2.75, 3.05) is 6.61 Å². The minimum absolute atomic E-state index is 0.0472. The van der Waals surface area contributed by atoms with Crippen LogP contribution in [0.1, 0.15) is 43.7 Å². The van der Waals surface area contributed by atoms with Gasteiger partial charge in [0, 0.05) is 13.0 Å². The molecule has 0 aromatic heterocycles. The molecular weight excluding hydrogens is 465 g/mol. The summed E-state index contributed by atoms with van der Waals surface area (Å²) in [5, 5.41) is 8.63. The first-order valence-electron chi connectivity index (χ1n) is 11.7. The van der Waals surface area contributed by atoms with Crippen molar-refractivity contribution < 1.29 is 22.7 Å². The molecule has 7 heteroatoms. The third kappa shape index (κ3) is 5.80. The molecule has 5 nitrogen and oxygen atoms in total. The van der Waals surface area contributed by atoms with Crippen molar-refractivity contribution in [2.24, 2.45) is 4.40 Å². The summed E-state index contributed by atoms with van der Waals surface area (Å²) in [7, 11) is -3.90. The summed E-state index contributed by atoms with van der Waals surface area (Å²) in [6.45, 7) is 3.33. The average molecular weight is 496 g/mol. The first-order valence-corrected chi connectivity index (χ1v) is 13.2. The van der Waals surface area contributed by atoms with Crippen molar-refractivity contribution in [3.05, 3.63) is 95.8 Å². The molecule has 0 amide bonds. The molecule has 0 saturated heterocycles. The van der Waals surface area contributed by atoms with Gasteiger partial charge in [-0.05, 0) is 60.9 Å². The lowest BCUT2D eigenvalue weighted by Crippen LogP contribution is -2.50. The van der Waals surface area contributed by atoms with Gasteiger partial charge in [-0.2, -0.15) is 0 Å². The molecule has 0 bridgehead atoms. The number of aliphatic hydroxyl groups is 1. The number of benzene rings is 3. The Kier molecular flexibility index (Phi) is 7.38. The van der Waals surface area contributed by atoms with Gasteiger partial charge in [0.25, 0.3) is 10.0 Å². The molecule has 1 unspecified atom stereocenters. The van der Waals surface area contributed by atoms with Crippen molar-refractivity contribution in [1.29, 1.82) is 0 Å². The van der Waals surface area contributed by atoms with E-state index >= 15 is 0 Å². The predicted molar refractivity (Wildman–Crippen MR) is 136 cm³/mol. The van der Waals surface area contributed by atoms with E-state index in [1.165, 1.54) is 6.07 Å². The molecule has 0 saturated carbocycles. The molecule has 1 aliphatic rings. The van der Waals surface area contributed by atoms with Crippen LogP contribution in [-0.2, 0) is 21.2 Å². The van der Waals surface area contributed by atoms with Gasteiger partial charge in [0.2, 0.25) is 5.90 Å². The van der Waals surface area contributed by atoms with E-state index in [1.54, 1.807) is 32.0 Å². The quantitative estimate of drug-likeness (QED) is 0.448. The van der Waals surface area contributed by atoms with Gasteiger partial charge in [0.15, 0.2) is 0 Å². The number of sulfonamides is 1. The Labute approximate surface area is 206 Å². The fourth-order valence-electron chi connectivity index (χ4n) is 4.65. The lowest BCUT2D eigenvalue weighted by atomic mass is 9.91. The van der Waals surface area contributed by atoms with Gasteiger partial charge in [-0.25, -0.2) is 12.8 Å². The van der Waals surface area contributed by atoms with Crippen LogP contribution in [0.25, 0.3) is 11.1 Å². The second-order valence-corrected chi connectivity index (χ2v) is 11.2.